The Morgan fingerprint density at radius 1 is 1.29 bits per heavy atom. The molecule has 0 unspecified atom stereocenters. The molecule has 0 saturated carbocycles. The molecule has 0 aromatic carbocycles. The maximum Gasteiger partial charge on any atom is 0.451 e. The Bertz CT molecular complexity index is 470. The second-order valence-electron chi connectivity index (χ2n) is 2.50. The summed E-state index contributed by atoms with van der Waals surface area (Å²) >= 11 is 10.9. The molecule has 1 aromatic heterocycles. The van der Waals surface area contributed by atoms with Gasteiger partial charge >= 0.3 is 6.18 Å². The van der Waals surface area contributed by atoms with Crippen LogP contribution in [-0.2, 0) is 6.18 Å². The number of nitrogens with zero attached hydrogens (tertiary/aromatic N) is 4. The molecular formula is C7H2Cl2F3N5. The van der Waals surface area contributed by atoms with E-state index < -0.39 is 22.3 Å². The summed E-state index contributed by atoms with van der Waals surface area (Å²) in [4.78, 5) is 6.02. The van der Waals surface area contributed by atoms with Crippen molar-refractivity contribution in [2.75, 3.05) is 5.43 Å². The highest BCUT2D eigenvalue weighted by molar-refractivity contribution is 6.37. The summed E-state index contributed by atoms with van der Waals surface area (Å²) in [5.41, 5.74) is 1.94. The maximum atomic E-state index is 12.3. The molecule has 0 aliphatic heterocycles. The lowest BCUT2D eigenvalue weighted by Gasteiger charge is -2.08. The van der Waals surface area contributed by atoms with Crippen molar-refractivity contribution in [1.29, 1.82) is 5.26 Å². The highest BCUT2D eigenvalue weighted by Crippen LogP contribution is 2.33. The molecule has 1 rings (SSSR count). The first-order valence-electron chi connectivity index (χ1n) is 3.83. The monoisotopic (exact) mass is 283 g/mol. The fraction of sp³-hybridized carbons (Fsp3) is 0.143. The van der Waals surface area contributed by atoms with Gasteiger partial charge in [0.2, 0.25) is 5.82 Å². The first kappa shape index (κ1) is 13.5. The standard InChI is InChI=1S/C7H2Cl2F3N5/c8-4-3(17-14-2-1-13)5(9)16-6(15-4)7(10,11)12/h2,17H. The maximum absolute atomic E-state index is 12.3. The third kappa shape index (κ3) is 3.44. The number of nitrogens with one attached hydrogen (secondary N) is 1. The van der Waals surface area contributed by atoms with Gasteiger partial charge in [0.15, 0.2) is 10.3 Å². The molecule has 0 saturated heterocycles. The summed E-state index contributed by atoms with van der Waals surface area (Å²) in [7, 11) is 0. The number of hydrazone groups is 1. The SMILES string of the molecule is N#CC=NNc1c(Cl)nc(C(F)(F)F)nc1Cl. The molecule has 1 aromatic rings. The van der Waals surface area contributed by atoms with E-state index in [0.29, 0.717) is 0 Å². The molecule has 1 heterocycles. The Morgan fingerprint density at radius 3 is 2.24 bits per heavy atom. The molecule has 0 spiro atoms. The molecule has 90 valence electrons. The minimum Gasteiger partial charge on any atom is -0.272 e. The van der Waals surface area contributed by atoms with Crippen molar-refractivity contribution in [3.8, 4) is 6.07 Å². The third-order valence-electron chi connectivity index (χ3n) is 1.37. The molecule has 0 bridgehead atoms. The smallest absolute Gasteiger partial charge is 0.272 e. The molecular weight excluding hydrogens is 282 g/mol. The van der Waals surface area contributed by atoms with Crippen LogP contribution in [0.2, 0.25) is 10.3 Å². The Balaban J connectivity index is 3.12. The van der Waals surface area contributed by atoms with Crippen LogP contribution >= 0.6 is 23.2 Å². The number of aromatic nitrogens is 2. The van der Waals surface area contributed by atoms with E-state index in [-0.39, 0.29) is 5.69 Å². The normalized spacial score (nSPS) is 11.5. The van der Waals surface area contributed by atoms with Crippen LogP contribution in [0.3, 0.4) is 0 Å². The van der Waals surface area contributed by atoms with Gasteiger partial charge in [-0.2, -0.15) is 23.5 Å². The van der Waals surface area contributed by atoms with E-state index in [9.17, 15) is 13.2 Å². The van der Waals surface area contributed by atoms with Crippen LogP contribution in [0.5, 0.6) is 0 Å². The first-order chi connectivity index (χ1) is 7.86. The van der Waals surface area contributed by atoms with E-state index >= 15 is 0 Å². The van der Waals surface area contributed by atoms with Crippen LogP contribution < -0.4 is 5.43 Å². The van der Waals surface area contributed by atoms with Gasteiger partial charge in [0.1, 0.15) is 18.0 Å². The number of rotatable bonds is 2. The zero-order chi connectivity index (χ0) is 13.1. The van der Waals surface area contributed by atoms with E-state index in [2.05, 4.69) is 20.5 Å². The van der Waals surface area contributed by atoms with Gasteiger partial charge in [-0.1, -0.05) is 23.2 Å². The quantitative estimate of drug-likeness (QED) is 0.514. The number of nitriles is 1. The number of hydrogen-bond donors (Lipinski definition) is 1. The first-order valence-corrected chi connectivity index (χ1v) is 4.59. The fourth-order valence-electron chi connectivity index (χ4n) is 0.753. The zero-order valence-corrected chi connectivity index (χ0v) is 9.27. The summed E-state index contributed by atoms with van der Waals surface area (Å²) in [6.07, 6.45) is -3.95. The van der Waals surface area contributed by atoms with Crippen molar-refractivity contribution < 1.29 is 13.2 Å². The number of anilines is 1. The predicted octanol–water partition coefficient (Wildman–Crippen LogP) is 2.72. The number of halogens is 5. The van der Waals surface area contributed by atoms with Gasteiger partial charge in [0.25, 0.3) is 0 Å². The van der Waals surface area contributed by atoms with Crippen LogP contribution in [0.15, 0.2) is 5.10 Å². The van der Waals surface area contributed by atoms with Crippen LogP contribution in [0.1, 0.15) is 5.82 Å². The molecule has 1 N–H and O–H groups in total. The highest BCUT2D eigenvalue weighted by atomic mass is 35.5. The van der Waals surface area contributed by atoms with Gasteiger partial charge < -0.3 is 0 Å². The molecule has 0 radical (unpaired) electrons. The summed E-state index contributed by atoms with van der Waals surface area (Å²) in [6, 6.07) is 1.55. The Hall–Kier alpha value is -1.59. The summed E-state index contributed by atoms with van der Waals surface area (Å²) < 4.78 is 36.8. The third-order valence-corrected chi connectivity index (χ3v) is 1.92. The largest absolute Gasteiger partial charge is 0.451 e. The Morgan fingerprint density at radius 2 is 1.82 bits per heavy atom. The average molecular weight is 284 g/mol. The van der Waals surface area contributed by atoms with E-state index in [0.717, 1.165) is 6.21 Å². The number of hydrogen-bond acceptors (Lipinski definition) is 5. The van der Waals surface area contributed by atoms with Gasteiger partial charge in [-0.05, 0) is 0 Å². The van der Waals surface area contributed by atoms with Crippen LogP contribution in [0.25, 0.3) is 0 Å². The minimum absolute atomic E-state index is 0.215. The molecule has 0 aliphatic rings. The van der Waals surface area contributed by atoms with Crippen LogP contribution in [-0.4, -0.2) is 16.2 Å². The fourth-order valence-corrected chi connectivity index (χ4v) is 1.22. The zero-order valence-electron chi connectivity index (χ0n) is 7.76. The van der Waals surface area contributed by atoms with E-state index in [1.165, 1.54) is 0 Å². The van der Waals surface area contributed by atoms with Crippen LogP contribution in [0.4, 0.5) is 18.9 Å². The van der Waals surface area contributed by atoms with Gasteiger partial charge in [-0.25, -0.2) is 9.97 Å². The molecule has 0 atom stereocenters. The average Bonchev–Trinajstić information content (AvgIpc) is 2.20. The molecule has 10 heteroatoms. The Kier molecular flexibility index (Phi) is 4.09. The lowest BCUT2D eigenvalue weighted by molar-refractivity contribution is -0.144. The topological polar surface area (TPSA) is 74.0 Å². The van der Waals surface area contributed by atoms with Crippen molar-refractivity contribution in [2.45, 2.75) is 6.18 Å². The van der Waals surface area contributed by atoms with Crippen molar-refractivity contribution in [1.82, 2.24) is 9.97 Å². The molecule has 0 amide bonds. The summed E-state index contributed by atoms with van der Waals surface area (Å²) in [6.45, 7) is 0. The molecule has 0 fully saturated rings. The predicted molar refractivity (Wildman–Crippen MR) is 54.8 cm³/mol. The van der Waals surface area contributed by atoms with Crippen molar-refractivity contribution >= 4 is 35.1 Å². The van der Waals surface area contributed by atoms with Crippen LogP contribution in [0, 0.1) is 11.3 Å². The van der Waals surface area contributed by atoms with E-state index in [4.69, 9.17) is 28.5 Å². The second-order valence-corrected chi connectivity index (χ2v) is 3.22. The van der Waals surface area contributed by atoms with Crippen molar-refractivity contribution in [3.05, 3.63) is 16.1 Å². The summed E-state index contributed by atoms with van der Waals surface area (Å²) in [5, 5.41) is 10.4. The van der Waals surface area contributed by atoms with Crippen molar-refractivity contribution in [3.63, 3.8) is 0 Å². The molecule has 0 aliphatic carbocycles. The van der Waals surface area contributed by atoms with Crippen molar-refractivity contribution in [2.24, 2.45) is 5.10 Å². The van der Waals surface area contributed by atoms with Gasteiger partial charge in [-0.15, -0.1) is 0 Å². The van der Waals surface area contributed by atoms with Gasteiger partial charge in [0, 0.05) is 0 Å². The lowest BCUT2D eigenvalue weighted by Crippen LogP contribution is -2.12. The van der Waals surface area contributed by atoms with E-state index in [1.54, 1.807) is 6.07 Å². The molecule has 17 heavy (non-hydrogen) atoms. The van der Waals surface area contributed by atoms with Gasteiger partial charge in [-0.3, -0.25) is 5.43 Å². The number of alkyl halides is 3. The highest BCUT2D eigenvalue weighted by Gasteiger charge is 2.36. The summed E-state index contributed by atoms with van der Waals surface area (Å²) in [5.74, 6) is -1.46. The molecule has 5 nitrogen and oxygen atoms in total. The Labute approximate surface area is 103 Å². The second kappa shape index (κ2) is 5.16. The van der Waals surface area contributed by atoms with E-state index in [1.807, 2.05) is 0 Å². The lowest BCUT2D eigenvalue weighted by atomic mass is 10.5. The van der Waals surface area contributed by atoms with Gasteiger partial charge in [0.05, 0.1) is 0 Å². The minimum atomic E-state index is -4.75.